The Bertz CT molecular complexity index is 306. The number of hydrogen-bond acceptors (Lipinski definition) is 6. The second-order valence-electron chi connectivity index (χ2n) is 2.69. The Morgan fingerprint density at radius 2 is 0.500 bits per heavy atom. The zero-order valence-corrected chi connectivity index (χ0v) is 13.6. The van der Waals surface area contributed by atoms with Crippen LogP contribution in [0.15, 0.2) is 0 Å². The van der Waals surface area contributed by atoms with E-state index < -0.39 is 35.8 Å². The molecular weight excluding hydrogens is 391 g/mol. The van der Waals surface area contributed by atoms with Crippen molar-refractivity contribution in [1.29, 1.82) is 0 Å². The second kappa shape index (κ2) is 33.1. The molecular formula is C10H19FeNaO12. The van der Waals surface area contributed by atoms with Crippen molar-refractivity contribution in [2.24, 2.45) is 0 Å². The Morgan fingerprint density at radius 1 is 0.458 bits per heavy atom. The van der Waals surface area contributed by atoms with Crippen LogP contribution < -0.4 is 0 Å². The van der Waals surface area contributed by atoms with Crippen molar-refractivity contribution in [1.82, 2.24) is 0 Å². The van der Waals surface area contributed by atoms with E-state index in [4.69, 9.17) is 59.4 Å². The Kier molecular flexibility index (Phi) is 59.6. The van der Waals surface area contributed by atoms with E-state index in [2.05, 4.69) is 0 Å². The summed E-state index contributed by atoms with van der Waals surface area (Å²) in [6.07, 6.45) is 0. The predicted octanol–water partition coefficient (Wildman–Crippen LogP) is -1.13. The maximum absolute atomic E-state index is 9.10. The summed E-state index contributed by atoms with van der Waals surface area (Å²) in [4.78, 5) is 54.2. The molecule has 0 rings (SSSR count). The zero-order chi connectivity index (χ0) is 19.5. The molecule has 0 radical (unpaired) electrons. The van der Waals surface area contributed by atoms with Gasteiger partial charge in [-0.3, -0.25) is 19.2 Å². The molecule has 0 amide bonds. The van der Waals surface area contributed by atoms with Gasteiger partial charge in [-0.1, -0.05) is 0 Å². The predicted molar refractivity (Wildman–Crippen MR) is 75.7 cm³/mol. The molecule has 0 saturated heterocycles. The van der Waals surface area contributed by atoms with Crippen LogP contribution >= 0.6 is 0 Å². The number of rotatable bonds is 0. The number of carboxylic acids is 6. The molecule has 0 unspecified atom stereocenters. The normalized spacial score (nSPS) is 6.00. The van der Waals surface area contributed by atoms with Crippen LogP contribution in [0.2, 0.25) is 0 Å². The third kappa shape index (κ3) is 1390. The van der Waals surface area contributed by atoms with Crippen molar-refractivity contribution in [2.75, 3.05) is 0 Å². The van der Waals surface area contributed by atoms with Gasteiger partial charge in [0.05, 0.1) is 0 Å². The molecule has 12 nitrogen and oxygen atoms in total. The summed E-state index contributed by atoms with van der Waals surface area (Å²) in [7, 11) is 0. The third-order valence-corrected chi connectivity index (χ3v) is 0.183. The molecule has 0 spiro atoms. The van der Waals surface area contributed by atoms with Gasteiger partial charge in [-0.05, 0) is 0 Å². The van der Waals surface area contributed by atoms with Gasteiger partial charge in [-0.15, -0.1) is 0 Å². The first-order chi connectivity index (χ1) is 9.57. The molecule has 0 aromatic heterocycles. The summed E-state index contributed by atoms with van der Waals surface area (Å²) < 4.78 is 0. The second-order valence-corrected chi connectivity index (χ2v) is 2.69. The molecule has 0 aromatic carbocycles. The Hall–Kier alpha value is -1.66. The van der Waals surface area contributed by atoms with Crippen molar-refractivity contribution in [2.45, 2.75) is 27.7 Å². The van der Waals surface area contributed by atoms with Crippen molar-refractivity contribution >= 4 is 65.4 Å². The minimum absolute atomic E-state index is 0. The molecule has 0 aliphatic carbocycles. The van der Waals surface area contributed by atoms with E-state index in [0.29, 0.717) is 0 Å². The molecule has 6 N–H and O–H groups in total. The molecule has 0 saturated carbocycles. The average Bonchev–Trinajstić information content (AvgIpc) is 2.12. The average molecular weight is 410 g/mol. The fraction of sp³-hybridized carbons (Fsp3) is 0.400. The van der Waals surface area contributed by atoms with Crippen LogP contribution in [0.1, 0.15) is 27.7 Å². The SMILES string of the molecule is CC(=O)O.CC(=O)O.CC(=O)O.CC(=O)O.O=C(O)C(=O)O.[Fe].[NaH]. The summed E-state index contributed by atoms with van der Waals surface area (Å²) in [5, 5.41) is 44.4. The Labute approximate surface area is 169 Å². The number of carboxylic acid groups (broad SMARTS) is 6. The summed E-state index contributed by atoms with van der Waals surface area (Å²) in [6.45, 7) is 4.33. The van der Waals surface area contributed by atoms with Crippen LogP contribution in [-0.2, 0) is 45.8 Å². The van der Waals surface area contributed by atoms with Crippen molar-refractivity contribution in [3.8, 4) is 0 Å². The van der Waals surface area contributed by atoms with Crippen LogP contribution in [0.5, 0.6) is 0 Å². The fourth-order valence-corrected chi connectivity index (χ4v) is 0. The minimum atomic E-state index is -1.82. The molecule has 24 heavy (non-hydrogen) atoms. The topological polar surface area (TPSA) is 224 Å². The summed E-state index contributed by atoms with van der Waals surface area (Å²) in [6, 6.07) is 0. The van der Waals surface area contributed by atoms with Gasteiger partial charge in [0.15, 0.2) is 0 Å². The van der Waals surface area contributed by atoms with Gasteiger partial charge in [0, 0.05) is 44.8 Å². The first kappa shape index (κ1) is 43.2. The van der Waals surface area contributed by atoms with Gasteiger partial charge in [-0.25, -0.2) is 9.59 Å². The van der Waals surface area contributed by atoms with Gasteiger partial charge < -0.3 is 30.6 Å². The number of carbonyl (C=O) groups is 6. The molecule has 0 aliphatic heterocycles. The maximum atomic E-state index is 9.10. The molecule has 0 atom stereocenters. The van der Waals surface area contributed by atoms with E-state index in [1.165, 1.54) is 0 Å². The summed E-state index contributed by atoms with van der Waals surface area (Å²) in [5.41, 5.74) is 0. The van der Waals surface area contributed by atoms with Crippen LogP contribution in [0.3, 0.4) is 0 Å². The van der Waals surface area contributed by atoms with Gasteiger partial charge in [0.2, 0.25) is 0 Å². The first-order valence-corrected chi connectivity index (χ1v) is 4.82. The number of aliphatic carboxylic acids is 6. The quantitative estimate of drug-likeness (QED) is 0.206. The molecule has 0 aromatic rings. The van der Waals surface area contributed by atoms with Crippen molar-refractivity contribution in [3.63, 3.8) is 0 Å². The molecule has 14 heteroatoms. The van der Waals surface area contributed by atoms with E-state index in [0.717, 1.165) is 27.7 Å². The molecule has 0 heterocycles. The van der Waals surface area contributed by atoms with Gasteiger partial charge in [0.25, 0.3) is 23.9 Å². The Morgan fingerprint density at radius 3 is 0.500 bits per heavy atom. The monoisotopic (exact) mass is 410 g/mol. The van der Waals surface area contributed by atoms with E-state index in [-0.39, 0.29) is 46.6 Å². The standard InChI is InChI=1S/C2H2O4.4C2H4O2.Fe.Na.H/c3-1(4)2(5)6;4*1-2(3)4;;;/h(H,3,4)(H,5,6);4*1H3,(H,3,4);;;. The molecule has 0 fully saturated rings. The fourth-order valence-electron chi connectivity index (χ4n) is 0. The molecule has 0 bridgehead atoms. The van der Waals surface area contributed by atoms with Crippen LogP contribution in [-0.4, -0.2) is 96.0 Å². The van der Waals surface area contributed by atoms with E-state index in [9.17, 15) is 0 Å². The van der Waals surface area contributed by atoms with Gasteiger partial charge in [-0.2, -0.15) is 0 Å². The van der Waals surface area contributed by atoms with Crippen molar-refractivity contribution in [3.05, 3.63) is 0 Å². The third-order valence-electron chi connectivity index (χ3n) is 0.183. The summed E-state index contributed by atoms with van der Waals surface area (Å²) >= 11 is 0. The van der Waals surface area contributed by atoms with Crippen molar-refractivity contribution < 1.29 is 76.5 Å². The first-order valence-electron chi connectivity index (χ1n) is 4.82. The van der Waals surface area contributed by atoms with Gasteiger partial charge in [0.1, 0.15) is 0 Å². The van der Waals surface area contributed by atoms with E-state index in [1.807, 2.05) is 0 Å². The molecule has 140 valence electrons. The van der Waals surface area contributed by atoms with E-state index in [1.54, 1.807) is 0 Å². The van der Waals surface area contributed by atoms with Crippen LogP contribution in [0, 0.1) is 0 Å². The van der Waals surface area contributed by atoms with E-state index >= 15 is 0 Å². The molecule has 0 aliphatic rings. The van der Waals surface area contributed by atoms with Crippen LogP contribution in [0.25, 0.3) is 0 Å². The number of hydrogen-bond donors (Lipinski definition) is 6. The Balaban J connectivity index is -0.0000000298. The zero-order valence-electron chi connectivity index (χ0n) is 12.5. The van der Waals surface area contributed by atoms with Gasteiger partial charge >= 0.3 is 41.5 Å². The summed E-state index contributed by atoms with van der Waals surface area (Å²) in [5.74, 6) is -6.98. The van der Waals surface area contributed by atoms with Crippen LogP contribution in [0.4, 0.5) is 0 Å².